The van der Waals surface area contributed by atoms with E-state index in [0.717, 1.165) is 44.0 Å². The minimum absolute atomic E-state index is 0.226. The van der Waals surface area contributed by atoms with Gasteiger partial charge < -0.3 is 20.4 Å². The molecule has 0 radical (unpaired) electrons. The molecule has 0 aromatic heterocycles. The number of hydrogen-bond acceptors (Lipinski definition) is 7. The summed E-state index contributed by atoms with van der Waals surface area (Å²) >= 11 is 0. The number of likely N-dealkylation sites (N-methyl/N-ethyl adjacent to an activating group) is 1. The van der Waals surface area contributed by atoms with Crippen LogP contribution in [-0.4, -0.2) is 67.8 Å². The summed E-state index contributed by atoms with van der Waals surface area (Å²) in [6.07, 6.45) is 0. The average molecular weight is 428 g/mol. The van der Waals surface area contributed by atoms with Crippen molar-refractivity contribution in [2.75, 3.05) is 57.0 Å². The molecule has 2 aromatic rings. The van der Waals surface area contributed by atoms with Crippen LogP contribution in [0.3, 0.4) is 0 Å². The molecular formula is C24H24N6O2. The van der Waals surface area contributed by atoms with Crippen molar-refractivity contribution in [2.24, 2.45) is 5.16 Å². The molecule has 0 atom stereocenters. The van der Waals surface area contributed by atoms with Crippen molar-refractivity contribution >= 4 is 28.6 Å². The number of nitrogens with one attached hydrogen (secondary N) is 2. The Balaban J connectivity index is 1.44. The van der Waals surface area contributed by atoms with E-state index in [0.29, 0.717) is 40.4 Å². The molecule has 0 aliphatic carbocycles. The van der Waals surface area contributed by atoms with E-state index >= 15 is 0 Å². The first-order valence-electron chi connectivity index (χ1n) is 10.7. The monoisotopic (exact) mass is 428 g/mol. The zero-order valence-electron chi connectivity index (χ0n) is 17.9. The van der Waals surface area contributed by atoms with Gasteiger partial charge >= 0.3 is 0 Å². The zero-order valence-corrected chi connectivity index (χ0v) is 17.9. The van der Waals surface area contributed by atoms with E-state index in [1.807, 2.05) is 24.3 Å². The highest BCUT2D eigenvalue weighted by Crippen LogP contribution is 2.39. The Labute approximate surface area is 186 Å². The number of hydrogen-bond donors (Lipinski definition) is 2. The third kappa shape index (κ3) is 3.73. The predicted molar refractivity (Wildman–Crippen MR) is 123 cm³/mol. The summed E-state index contributed by atoms with van der Waals surface area (Å²) in [6.45, 7) is 5.44. The number of benzene rings is 2. The molecule has 0 unspecified atom stereocenters. The lowest BCUT2D eigenvalue weighted by Crippen LogP contribution is -2.45. The highest BCUT2D eigenvalue weighted by Gasteiger charge is 2.34. The van der Waals surface area contributed by atoms with Crippen molar-refractivity contribution in [2.45, 2.75) is 0 Å². The molecule has 32 heavy (non-hydrogen) atoms. The van der Waals surface area contributed by atoms with Crippen molar-refractivity contribution in [1.29, 1.82) is 5.26 Å². The zero-order chi connectivity index (χ0) is 22.1. The number of allylic oxidation sites excluding steroid dienone is 1. The maximum absolute atomic E-state index is 12.9. The second kappa shape index (κ2) is 8.46. The van der Waals surface area contributed by atoms with Crippen LogP contribution < -0.4 is 10.6 Å². The summed E-state index contributed by atoms with van der Waals surface area (Å²) in [5.74, 6) is -0.226. The van der Waals surface area contributed by atoms with Crippen LogP contribution >= 0.6 is 0 Å². The van der Waals surface area contributed by atoms with Crippen molar-refractivity contribution in [1.82, 2.24) is 9.80 Å². The maximum atomic E-state index is 12.9. The van der Waals surface area contributed by atoms with Crippen molar-refractivity contribution in [3.8, 4) is 6.07 Å². The normalized spacial score (nSPS) is 21.6. The van der Waals surface area contributed by atoms with Gasteiger partial charge in [0.2, 0.25) is 0 Å². The van der Waals surface area contributed by atoms with Gasteiger partial charge in [-0.25, -0.2) is 0 Å². The second-order valence-corrected chi connectivity index (χ2v) is 8.16. The summed E-state index contributed by atoms with van der Waals surface area (Å²) in [7, 11) is 2.14. The van der Waals surface area contributed by atoms with E-state index in [2.05, 4.69) is 38.7 Å². The molecule has 8 nitrogen and oxygen atoms in total. The fraction of sp³-hybridized carbons (Fsp3) is 0.292. The fourth-order valence-electron chi connectivity index (χ4n) is 4.24. The van der Waals surface area contributed by atoms with Gasteiger partial charge in [0.05, 0.1) is 22.9 Å². The van der Waals surface area contributed by atoms with Gasteiger partial charge in [-0.1, -0.05) is 23.4 Å². The number of para-hydroxylation sites is 1. The lowest BCUT2D eigenvalue weighted by Gasteiger charge is -2.31. The lowest BCUT2D eigenvalue weighted by molar-refractivity contribution is -0.110. The molecule has 162 valence electrons. The van der Waals surface area contributed by atoms with Crippen LogP contribution in [0.5, 0.6) is 0 Å². The number of nitrogens with zero attached hydrogens (tertiary/aromatic N) is 4. The van der Waals surface area contributed by atoms with Gasteiger partial charge in [0, 0.05) is 55.2 Å². The molecular weight excluding hydrogens is 404 g/mol. The van der Waals surface area contributed by atoms with Gasteiger partial charge in [0.1, 0.15) is 12.3 Å². The third-order valence-corrected chi connectivity index (χ3v) is 6.07. The fourth-order valence-corrected chi connectivity index (χ4v) is 4.24. The standard InChI is InChI=1S/C24H24N6O2/c1-29-8-10-30(11-9-29)12-13-32-28-22-17-4-2-3-5-19(17)26-23(22)21-18-14-16(15-25)6-7-20(18)27-24(21)31/h2-7,14,26H,8-13H2,1H3,(H,27,31)/b23-21-,28-22+. The Bertz CT molecular complexity index is 1170. The van der Waals surface area contributed by atoms with E-state index in [-0.39, 0.29) is 5.91 Å². The molecule has 5 rings (SSSR count). The number of oxime groups is 1. The predicted octanol–water partition coefficient (Wildman–Crippen LogP) is 2.32. The molecule has 8 heteroatoms. The van der Waals surface area contributed by atoms with E-state index in [9.17, 15) is 10.1 Å². The van der Waals surface area contributed by atoms with E-state index in [4.69, 9.17) is 4.84 Å². The van der Waals surface area contributed by atoms with Gasteiger partial charge in [-0.2, -0.15) is 5.26 Å². The summed E-state index contributed by atoms with van der Waals surface area (Å²) < 4.78 is 0. The largest absolute Gasteiger partial charge is 0.394 e. The summed E-state index contributed by atoms with van der Waals surface area (Å²) in [5.41, 5.74) is 5.28. The van der Waals surface area contributed by atoms with Gasteiger partial charge in [-0.15, -0.1) is 0 Å². The Morgan fingerprint density at radius 2 is 1.84 bits per heavy atom. The Hall–Kier alpha value is -3.67. The first-order chi connectivity index (χ1) is 15.6. The van der Waals surface area contributed by atoms with Crippen LogP contribution in [0, 0.1) is 11.3 Å². The minimum atomic E-state index is -0.226. The molecule has 0 bridgehead atoms. The third-order valence-electron chi connectivity index (χ3n) is 6.07. The lowest BCUT2D eigenvalue weighted by atomic mass is 10.00. The Kier molecular flexibility index (Phi) is 5.35. The van der Waals surface area contributed by atoms with Crippen molar-refractivity contribution < 1.29 is 9.63 Å². The first-order valence-corrected chi connectivity index (χ1v) is 10.7. The molecule has 1 amide bonds. The van der Waals surface area contributed by atoms with Crippen molar-refractivity contribution in [3.63, 3.8) is 0 Å². The smallest absolute Gasteiger partial charge is 0.258 e. The second-order valence-electron chi connectivity index (χ2n) is 8.16. The number of piperazine rings is 1. The number of fused-ring (bicyclic) bond motifs is 2. The molecule has 0 saturated carbocycles. The van der Waals surface area contributed by atoms with Crippen molar-refractivity contribution in [3.05, 3.63) is 64.9 Å². The number of amides is 1. The SMILES string of the molecule is CN1CCN(CCO/N=C2/C(=C3/C(=O)Nc4ccc(C#N)cc43)Nc3ccccc32)CC1. The van der Waals surface area contributed by atoms with Crippen LogP contribution in [0.2, 0.25) is 0 Å². The average Bonchev–Trinajstić information content (AvgIpc) is 3.33. The Morgan fingerprint density at radius 1 is 1.06 bits per heavy atom. The molecule has 2 N–H and O–H groups in total. The highest BCUT2D eigenvalue weighted by molar-refractivity contribution is 6.39. The Morgan fingerprint density at radius 3 is 2.66 bits per heavy atom. The van der Waals surface area contributed by atoms with Gasteiger partial charge in [-0.3, -0.25) is 9.69 Å². The van der Waals surface area contributed by atoms with Crippen LogP contribution in [0.1, 0.15) is 16.7 Å². The minimum Gasteiger partial charge on any atom is -0.394 e. The van der Waals surface area contributed by atoms with Crippen LogP contribution in [0.25, 0.3) is 5.57 Å². The topological polar surface area (TPSA) is 93.0 Å². The summed E-state index contributed by atoms with van der Waals surface area (Å²) in [4.78, 5) is 23.3. The van der Waals surface area contributed by atoms with E-state index < -0.39 is 0 Å². The summed E-state index contributed by atoms with van der Waals surface area (Å²) in [6, 6.07) is 15.1. The number of carbonyl (C=O) groups is 1. The number of rotatable bonds is 4. The summed E-state index contributed by atoms with van der Waals surface area (Å²) in [5, 5.41) is 20.0. The van der Waals surface area contributed by atoms with Crippen LogP contribution in [0.15, 0.2) is 53.3 Å². The molecule has 3 aliphatic rings. The van der Waals surface area contributed by atoms with E-state index in [1.54, 1.807) is 18.2 Å². The van der Waals surface area contributed by atoms with Crippen LogP contribution in [0.4, 0.5) is 11.4 Å². The molecule has 3 heterocycles. The van der Waals surface area contributed by atoms with Gasteiger partial charge in [-0.05, 0) is 31.3 Å². The van der Waals surface area contributed by atoms with E-state index in [1.165, 1.54) is 0 Å². The first kappa shape index (κ1) is 20.2. The molecule has 1 fully saturated rings. The van der Waals surface area contributed by atoms with Gasteiger partial charge in [0.15, 0.2) is 0 Å². The van der Waals surface area contributed by atoms with Crippen LogP contribution in [-0.2, 0) is 9.63 Å². The molecule has 2 aromatic carbocycles. The quantitative estimate of drug-likeness (QED) is 0.441. The highest BCUT2D eigenvalue weighted by atomic mass is 16.6. The van der Waals surface area contributed by atoms with Gasteiger partial charge in [0.25, 0.3) is 5.91 Å². The number of carbonyl (C=O) groups excluding carboxylic acids is 1. The molecule has 0 spiro atoms. The number of anilines is 2. The maximum Gasteiger partial charge on any atom is 0.258 e. The number of nitriles is 1. The molecule has 1 saturated heterocycles. The molecule has 3 aliphatic heterocycles.